The van der Waals surface area contributed by atoms with Crippen LogP contribution in [0, 0.1) is 6.92 Å². The number of fused-ring (bicyclic) bond motifs is 1. The van der Waals surface area contributed by atoms with Gasteiger partial charge in [-0.05, 0) is 25.1 Å². The molecule has 0 amide bonds. The number of nitrogens with zero attached hydrogens (tertiary/aromatic N) is 2. The number of rotatable bonds is 4. The Kier molecular flexibility index (Phi) is 3.70. The minimum atomic E-state index is 0.520. The van der Waals surface area contributed by atoms with Gasteiger partial charge in [-0.3, -0.25) is 0 Å². The Hall–Kier alpha value is -2.21. The van der Waals surface area contributed by atoms with Crippen molar-refractivity contribution in [1.29, 1.82) is 0 Å². The second kappa shape index (κ2) is 5.65. The molecular weight excluding hydrogens is 286 g/mol. The molecule has 0 bridgehead atoms. The topological polar surface area (TPSA) is 74.2 Å². The minimum Gasteiger partial charge on any atom is -0.497 e. The van der Waals surface area contributed by atoms with E-state index in [0.717, 1.165) is 27.9 Å². The number of nitrogen functional groups attached to an aromatic ring is 1. The number of ether oxygens (including phenoxy) is 1. The van der Waals surface area contributed by atoms with Crippen molar-refractivity contribution in [3.05, 3.63) is 41.8 Å². The number of hydrogen-bond acceptors (Lipinski definition) is 6. The number of anilines is 1. The summed E-state index contributed by atoms with van der Waals surface area (Å²) >= 11 is 1.50. The molecule has 21 heavy (non-hydrogen) atoms. The quantitative estimate of drug-likeness (QED) is 0.744. The van der Waals surface area contributed by atoms with E-state index in [-0.39, 0.29) is 0 Å². The number of hydrogen-bond donors (Lipinski definition) is 1. The zero-order chi connectivity index (χ0) is 14.8. The zero-order valence-electron chi connectivity index (χ0n) is 11.8. The first kappa shape index (κ1) is 13.8. The van der Waals surface area contributed by atoms with E-state index in [9.17, 15) is 0 Å². The average Bonchev–Trinajstić information content (AvgIpc) is 2.90. The van der Waals surface area contributed by atoms with Gasteiger partial charge in [0.05, 0.1) is 18.3 Å². The molecule has 0 atom stereocenters. The molecule has 0 unspecified atom stereocenters. The molecule has 2 N–H and O–H groups in total. The van der Waals surface area contributed by atoms with Crippen molar-refractivity contribution in [3.8, 4) is 5.75 Å². The summed E-state index contributed by atoms with van der Waals surface area (Å²) in [6.45, 7) is 1.90. The van der Waals surface area contributed by atoms with Gasteiger partial charge in [-0.2, -0.15) is 0 Å². The highest BCUT2D eigenvalue weighted by Gasteiger charge is 2.08. The standard InChI is InChI=1S/C15H15N3O2S/c1-9-7-20-15(17-9)21-8-11-5-10-3-4-12(19-2)6-13(10)18-14(11)16/h3-7H,8H2,1-2H3,(H2,16,18). The average molecular weight is 301 g/mol. The van der Waals surface area contributed by atoms with Crippen LogP contribution in [-0.4, -0.2) is 17.1 Å². The number of aromatic nitrogens is 2. The van der Waals surface area contributed by atoms with Crippen LogP contribution in [0.2, 0.25) is 0 Å². The van der Waals surface area contributed by atoms with Crippen LogP contribution in [-0.2, 0) is 5.75 Å². The summed E-state index contributed by atoms with van der Waals surface area (Å²) < 4.78 is 10.5. The summed E-state index contributed by atoms with van der Waals surface area (Å²) in [4.78, 5) is 8.69. The molecule has 108 valence electrons. The fraction of sp³-hybridized carbons (Fsp3) is 0.200. The van der Waals surface area contributed by atoms with Crippen molar-refractivity contribution in [1.82, 2.24) is 9.97 Å². The van der Waals surface area contributed by atoms with Crippen LogP contribution in [0.3, 0.4) is 0 Å². The summed E-state index contributed by atoms with van der Waals surface area (Å²) in [5, 5.41) is 1.67. The Bertz CT molecular complexity index is 786. The van der Waals surface area contributed by atoms with E-state index >= 15 is 0 Å². The predicted octanol–water partition coefficient (Wildman–Crippen LogP) is 3.41. The summed E-state index contributed by atoms with van der Waals surface area (Å²) in [6.07, 6.45) is 1.64. The van der Waals surface area contributed by atoms with Crippen LogP contribution in [0.15, 0.2) is 40.2 Å². The van der Waals surface area contributed by atoms with Crippen LogP contribution in [0.25, 0.3) is 10.9 Å². The monoisotopic (exact) mass is 301 g/mol. The van der Waals surface area contributed by atoms with Gasteiger partial charge < -0.3 is 14.9 Å². The molecule has 5 nitrogen and oxygen atoms in total. The predicted molar refractivity (Wildman–Crippen MR) is 83.5 cm³/mol. The Labute approximate surface area is 126 Å². The van der Waals surface area contributed by atoms with Gasteiger partial charge in [0.25, 0.3) is 5.22 Å². The third kappa shape index (κ3) is 2.95. The maximum Gasteiger partial charge on any atom is 0.256 e. The Balaban J connectivity index is 1.86. The number of aryl methyl sites for hydroxylation is 1. The molecule has 0 aliphatic rings. The maximum atomic E-state index is 6.03. The molecule has 1 aromatic carbocycles. The number of oxazole rings is 1. The van der Waals surface area contributed by atoms with E-state index in [1.807, 2.05) is 31.2 Å². The Morgan fingerprint density at radius 2 is 2.14 bits per heavy atom. The summed E-state index contributed by atoms with van der Waals surface area (Å²) in [5.74, 6) is 1.96. The lowest BCUT2D eigenvalue weighted by atomic mass is 10.1. The molecule has 0 aliphatic carbocycles. The normalized spacial score (nSPS) is 11.0. The number of nitrogens with two attached hydrogens (primary N) is 1. The van der Waals surface area contributed by atoms with Crippen LogP contribution in [0.4, 0.5) is 5.82 Å². The highest BCUT2D eigenvalue weighted by atomic mass is 32.2. The molecule has 0 saturated heterocycles. The van der Waals surface area contributed by atoms with Crippen LogP contribution >= 0.6 is 11.8 Å². The molecule has 6 heteroatoms. The molecular formula is C15H15N3O2S. The van der Waals surface area contributed by atoms with Crippen LogP contribution in [0.1, 0.15) is 11.3 Å². The number of thioether (sulfide) groups is 1. The smallest absolute Gasteiger partial charge is 0.256 e. The first-order valence-electron chi connectivity index (χ1n) is 6.44. The highest BCUT2D eigenvalue weighted by Crippen LogP contribution is 2.28. The molecule has 0 aliphatic heterocycles. The molecule has 0 saturated carbocycles. The van der Waals surface area contributed by atoms with Crippen LogP contribution < -0.4 is 10.5 Å². The minimum absolute atomic E-state index is 0.520. The van der Waals surface area contributed by atoms with E-state index in [1.54, 1.807) is 13.4 Å². The first-order chi connectivity index (χ1) is 10.2. The van der Waals surface area contributed by atoms with Gasteiger partial charge in [0.2, 0.25) is 0 Å². The fourth-order valence-corrected chi connectivity index (χ4v) is 2.82. The lowest BCUT2D eigenvalue weighted by Crippen LogP contribution is -1.97. The van der Waals surface area contributed by atoms with Crippen molar-refractivity contribution in [2.24, 2.45) is 0 Å². The molecule has 0 radical (unpaired) electrons. The van der Waals surface area contributed by atoms with E-state index in [2.05, 4.69) is 9.97 Å². The Morgan fingerprint density at radius 1 is 1.29 bits per heavy atom. The second-order valence-corrected chi connectivity index (χ2v) is 5.56. The summed E-state index contributed by atoms with van der Waals surface area (Å²) in [7, 11) is 1.63. The van der Waals surface area contributed by atoms with Gasteiger partial charge >= 0.3 is 0 Å². The van der Waals surface area contributed by atoms with E-state index < -0.39 is 0 Å². The third-order valence-electron chi connectivity index (χ3n) is 3.09. The van der Waals surface area contributed by atoms with Crippen LogP contribution in [0.5, 0.6) is 5.75 Å². The van der Waals surface area contributed by atoms with Gasteiger partial charge in [0.15, 0.2) is 0 Å². The second-order valence-electron chi connectivity index (χ2n) is 4.63. The van der Waals surface area contributed by atoms with E-state index in [0.29, 0.717) is 16.8 Å². The molecule has 0 fully saturated rings. The maximum absolute atomic E-state index is 6.03. The van der Waals surface area contributed by atoms with Gasteiger partial charge in [-0.15, -0.1) is 0 Å². The lowest BCUT2D eigenvalue weighted by molar-refractivity contribution is 0.415. The van der Waals surface area contributed by atoms with Crippen molar-refractivity contribution < 1.29 is 9.15 Å². The summed E-state index contributed by atoms with van der Waals surface area (Å²) in [6, 6.07) is 7.80. The number of methoxy groups -OCH3 is 1. The molecule has 3 rings (SSSR count). The largest absolute Gasteiger partial charge is 0.497 e. The van der Waals surface area contributed by atoms with Gasteiger partial charge in [0.1, 0.15) is 17.8 Å². The van der Waals surface area contributed by atoms with Gasteiger partial charge in [0, 0.05) is 22.8 Å². The highest BCUT2D eigenvalue weighted by molar-refractivity contribution is 7.98. The van der Waals surface area contributed by atoms with E-state index in [4.69, 9.17) is 14.9 Å². The third-order valence-corrected chi connectivity index (χ3v) is 3.98. The molecule has 3 aromatic rings. The van der Waals surface area contributed by atoms with E-state index in [1.165, 1.54) is 11.8 Å². The van der Waals surface area contributed by atoms with Crippen molar-refractivity contribution in [2.45, 2.75) is 17.9 Å². The van der Waals surface area contributed by atoms with Gasteiger partial charge in [-0.25, -0.2) is 9.97 Å². The summed E-state index contributed by atoms with van der Waals surface area (Å²) in [5.41, 5.74) is 8.69. The molecule has 2 heterocycles. The lowest BCUT2D eigenvalue weighted by Gasteiger charge is -2.07. The molecule has 2 aromatic heterocycles. The Morgan fingerprint density at radius 3 is 2.86 bits per heavy atom. The van der Waals surface area contributed by atoms with Crippen molar-refractivity contribution >= 4 is 28.5 Å². The van der Waals surface area contributed by atoms with Crippen molar-refractivity contribution in [3.63, 3.8) is 0 Å². The number of pyridine rings is 1. The van der Waals surface area contributed by atoms with Gasteiger partial charge in [-0.1, -0.05) is 11.8 Å². The fourth-order valence-electron chi connectivity index (χ4n) is 1.99. The molecule has 0 spiro atoms. The van der Waals surface area contributed by atoms with Crippen molar-refractivity contribution in [2.75, 3.05) is 12.8 Å². The SMILES string of the molecule is COc1ccc2cc(CSc3nc(C)co3)c(N)nc2c1. The first-order valence-corrected chi connectivity index (χ1v) is 7.42. The zero-order valence-corrected chi connectivity index (χ0v) is 12.6. The number of benzene rings is 1.